The minimum absolute atomic E-state index is 0.171. The molecule has 9 nitrogen and oxygen atoms in total. The Bertz CT molecular complexity index is 970. The van der Waals surface area contributed by atoms with Gasteiger partial charge in [0.1, 0.15) is 6.54 Å². The number of hydrogen-bond acceptors (Lipinski definition) is 6. The molecule has 1 amide bonds. The van der Waals surface area contributed by atoms with Crippen LogP contribution in [0.5, 0.6) is 0 Å². The van der Waals surface area contributed by atoms with Crippen LogP contribution in [0.4, 0.5) is 0 Å². The van der Waals surface area contributed by atoms with E-state index >= 15 is 0 Å². The third-order valence-electron chi connectivity index (χ3n) is 4.13. The lowest BCUT2D eigenvalue weighted by Crippen LogP contribution is -2.44. The first-order valence-electron chi connectivity index (χ1n) is 8.01. The van der Waals surface area contributed by atoms with E-state index in [1.807, 2.05) is 6.07 Å². The Hall–Kier alpha value is -3.25. The molecule has 1 aromatic heterocycles. The predicted octanol–water partition coefficient (Wildman–Crippen LogP) is -0.246. The Morgan fingerprint density at radius 2 is 2.00 bits per heavy atom. The lowest BCUT2D eigenvalue weighted by atomic mass is 10.1. The maximum Gasteiger partial charge on any atom is 0.309 e. The van der Waals surface area contributed by atoms with Crippen LogP contribution >= 0.6 is 0 Å². The summed E-state index contributed by atoms with van der Waals surface area (Å²) < 4.78 is 6.17. The maximum atomic E-state index is 12.7. The zero-order valence-electron chi connectivity index (χ0n) is 13.8. The van der Waals surface area contributed by atoms with Gasteiger partial charge in [-0.25, -0.2) is 4.68 Å². The molecule has 1 aliphatic heterocycles. The summed E-state index contributed by atoms with van der Waals surface area (Å²) in [7, 11) is 0. The van der Waals surface area contributed by atoms with Crippen LogP contribution in [0.15, 0.2) is 23.0 Å². The Balaban J connectivity index is 2.05. The summed E-state index contributed by atoms with van der Waals surface area (Å²) in [5.74, 6) is -1.40. The minimum Gasteiger partial charge on any atom is -0.481 e. The largest absolute Gasteiger partial charge is 0.481 e. The highest BCUT2D eigenvalue weighted by Crippen LogP contribution is 2.16. The number of aliphatic carboxylic acids is 1. The Labute approximate surface area is 148 Å². The monoisotopic (exact) mass is 356 g/mol. The molecular formula is C17H16N4O5. The standard InChI is InChI=1S/C17H16N4O5/c18-9-11-1-2-12-13(7-11)17(25)21(19-14(12)8-16(23)24)10-15(22)20-3-5-26-6-4-20/h1-2,7H,3-6,8,10H2,(H,23,24). The van der Waals surface area contributed by atoms with Crippen molar-refractivity contribution in [1.29, 1.82) is 5.26 Å². The first-order chi connectivity index (χ1) is 12.5. The molecule has 1 saturated heterocycles. The van der Waals surface area contributed by atoms with Gasteiger partial charge in [0.2, 0.25) is 5.91 Å². The number of amides is 1. The molecule has 0 aliphatic carbocycles. The zero-order valence-corrected chi connectivity index (χ0v) is 13.8. The first-order valence-corrected chi connectivity index (χ1v) is 8.01. The number of aromatic nitrogens is 2. The molecule has 1 aliphatic rings. The lowest BCUT2D eigenvalue weighted by molar-refractivity contribution is -0.136. The van der Waals surface area contributed by atoms with Crippen molar-refractivity contribution in [2.75, 3.05) is 26.3 Å². The fourth-order valence-electron chi connectivity index (χ4n) is 2.85. The molecular weight excluding hydrogens is 340 g/mol. The van der Waals surface area contributed by atoms with Crippen LogP contribution in [0.3, 0.4) is 0 Å². The molecule has 3 rings (SSSR count). The summed E-state index contributed by atoms with van der Waals surface area (Å²) in [6.45, 7) is 1.44. The van der Waals surface area contributed by atoms with E-state index in [0.717, 1.165) is 4.68 Å². The predicted molar refractivity (Wildman–Crippen MR) is 89.5 cm³/mol. The van der Waals surface area contributed by atoms with Gasteiger partial charge < -0.3 is 14.7 Å². The number of hydrogen-bond donors (Lipinski definition) is 1. The third kappa shape index (κ3) is 3.55. The number of fused-ring (bicyclic) bond motifs is 1. The number of morpholine rings is 1. The quantitative estimate of drug-likeness (QED) is 0.801. The van der Waals surface area contributed by atoms with Crippen LogP contribution < -0.4 is 5.56 Å². The van der Waals surface area contributed by atoms with Gasteiger partial charge in [0, 0.05) is 18.5 Å². The number of carbonyl (C=O) groups is 2. The Morgan fingerprint density at radius 3 is 2.65 bits per heavy atom. The van der Waals surface area contributed by atoms with Crippen LogP contribution in [-0.4, -0.2) is 58.0 Å². The molecule has 26 heavy (non-hydrogen) atoms. The van der Waals surface area contributed by atoms with E-state index in [2.05, 4.69) is 5.10 Å². The van der Waals surface area contributed by atoms with E-state index in [1.54, 1.807) is 4.90 Å². The highest BCUT2D eigenvalue weighted by molar-refractivity contribution is 5.88. The molecule has 0 bridgehead atoms. The second-order valence-electron chi connectivity index (χ2n) is 5.85. The molecule has 0 unspecified atom stereocenters. The lowest BCUT2D eigenvalue weighted by Gasteiger charge is -2.26. The van der Waals surface area contributed by atoms with Gasteiger partial charge in [0.05, 0.1) is 42.3 Å². The van der Waals surface area contributed by atoms with E-state index in [-0.39, 0.29) is 29.1 Å². The molecule has 1 aromatic carbocycles. The van der Waals surface area contributed by atoms with Crippen molar-refractivity contribution in [2.24, 2.45) is 0 Å². The molecule has 2 aromatic rings. The van der Waals surface area contributed by atoms with Crippen LogP contribution in [-0.2, 0) is 27.3 Å². The maximum absolute atomic E-state index is 12.7. The van der Waals surface area contributed by atoms with Crippen LogP contribution in [0, 0.1) is 11.3 Å². The van der Waals surface area contributed by atoms with Gasteiger partial charge in [-0.1, -0.05) is 6.07 Å². The first kappa shape index (κ1) is 17.6. The number of carbonyl (C=O) groups excluding carboxylic acids is 1. The molecule has 0 spiro atoms. The molecule has 0 radical (unpaired) electrons. The van der Waals surface area contributed by atoms with Crippen molar-refractivity contribution in [1.82, 2.24) is 14.7 Å². The van der Waals surface area contributed by atoms with Crippen molar-refractivity contribution >= 4 is 22.6 Å². The fourth-order valence-corrected chi connectivity index (χ4v) is 2.85. The third-order valence-corrected chi connectivity index (χ3v) is 4.13. The number of nitriles is 1. The molecule has 2 heterocycles. The molecule has 134 valence electrons. The summed E-state index contributed by atoms with van der Waals surface area (Å²) in [6, 6.07) is 6.34. The van der Waals surface area contributed by atoms with Crippen molar-refractivity contribution in [3.63, 3.8) is 0 Å². The van der Waals surface area contributed by atoms with Gasteiger partial charge in [0.25, 0.3) is 5.56 Å². The summed E-state index contributed by atoms with van der Waals surface area (Å²) in [5.41, 5.74) is -0.0904. The van der Waals surface area contributed by atoms with Crippen LogP contribution in [0.25, 0.3) is 10.8 Å². The highest BCUT2D eigenvalue weighted by Gasteiger charge is 2.20. The van der Waals surface area contributed by atoms with Gasteiger partial charge in [-0.15, -0.1) is 0 Å². The van der Waals surface area contributed by atoms with E-state index in [1.165, 1.54) is 18.2 Å². The zero-order chi connectivity index (χ0) is 18.7. The van der Waals surface area contributed by atoms with E-state index in [0.29, 0.717) is 31.7 Å². The second kappa shape index (κ2) is 7.33. The van der Waals surface area contributed by atoms with Gasteiger partial charge in [0.15, 0.2) is 0 Å². The average Bonchev–Trinajstić information content (AvgIpc) is 2.65. The number of ether oxygens (including phenoxy) is 1. The number of nitrogens with zero attached hydrogens (tertiary/aromatic N) is 4. The summed E-state index contributed by atoms with van der Waals surface area (Å²) in [4.78, 5) is 37.8. The fraction of sp³-hybridized carbons (Fsp3) is 0.353. The van der Waals surface area contributed by atoms with E-state index in [4.69, 9.17) is 15.1 Å². The average molecular weight is 356 g/mol. The van der Waals surface area contributed by atoms with Crippen molar-refractivity contribution < 1.29 is 19.4 Å². The van der Waals surface area contributed by atoms with E-state index < -0.39 is 17.9 Å². The number of rotatable bonds is 4. The molecule has 1 N–H and O–H groups in total. The van der Waals surface area contributed by atoms with Gasteiger partial charge in [-0.3, -0.25) is 14.4 Å². The second-order valence-corrected chi connectivity index (χ2v) is 5.85. The smallest absolute Gasteiger partial charge is 0.309 e. The summed E-state index contributed by atoms with van der Waals surface area (Å²) in [6.07, 6.45) is -0.394. The highest BCUT2D eigenvalue weighted by atomic mass is 16.5. The topological polar surface area (TPSA) is 126 Å². The normalized spacial score (nSPS) is 14.2. The van der Waals surface area contributed by atoms with E-state index in [9.17, 15) is 14.4 Å². The van der Waals surface area contributed by atoms with Gasteiger partial charge >= 0.3 is 5.97 Å². The number of carboxylic acids is 1. The molecule has 0 atom stereocenters. The minimum atomic E-state index is -1.10. The van der Waals surface area contributed by atoms with Crippen LogP contribution in [0.2, 0.25) is 0 Å². The summed E-state index contributed by atoms with van der Waals surface area (Å²) in [5, 5.41) is 22.8. The Kier molecular flexibility index (Phi) is 4.95. The number of benzene rings is 1. The van der Waals surface area contributed by atoms with Crippen molar-refractivity contribution in [3.05, 3.63) is 39.8 Å². The molecule has 9 heteroatoms. The van der Waals surface area contributed by atoms with Gasteiger partial charge in [-0.2, -0.15) is 10.4 Å². The Morgan fingerprint density at radius 1 is 1.27 bits per heavy atom. The molecule has 1 fully saturated rings. The summed E-state index contributed by atoms with van der Waals surface area (Å²) >= 11 is 0. The molecule has 0 saturated carbocycles. The SMILES string of the molecule is N#Cc1ccc2c(CC(=O)O)nn(CC(=O)N3CCOCC3)c(=O)c2c1. The van der Waals surface area contributed by atoms with Gasteiger partial charge in [-0.05, 0) is 12.1 Å². The van der Waals surface area contributed by atoms with Crippen molar-refractivity contribution in [3.8, 4) is 6.07 Å². The van der Waals surface area contributed by atoms with Crippen LogP contribution in [0.1, 0.15) is 11.3 Å². The number of carboxylic acid groups (broad SMARTS) is 1. The van der Waals surface area contributed by atoms with Crippen molar-refractivity contribution in [2.45, 2.75) is 13.0 Å².